The number of carbonyl (C=O) groups excluding carboxylic acids is 2. The number of nitrogens with zero attached hydrogens (tertiary/aromatic N) is 3. The maximum atomic E-state index is 12.7. The Morgan fingerprint density at radius 1 is 1.03 bits per heavy atom. The largest absolute Gasteiger partial charge is 0.493 e. The first kappa shape index (κ1) is 18.8. The molecule has 8 nitrogen and oxygen atoms in total. The van der Waals surface area contributed by atoms with Crippen LogP contribution < -0.4 is 9.47 Å². The number of oxazole rings is 1. The molecular weight excluding hydrogens is 374 g/mol. The van der Waals surface area contributed by atoms with Gasteiger partial charge in [0.05, 0.1) is 7.11 Å². The van der Waals surface area contributed by atoms with E-state index in [9.17, 15) is 9.59 Å². The molecule has 1 saturated heterocycles. The number of para-hydroxylation sites is 2. The van der Waals surface area contributed by atoms with Crippen molar-refractivity contribution in [3.63, 3.8) is 0 Å². The van der Waals surface area contributed by atoms with E-state index in [4.69, 9.17) is 13.9 Å². The monoisotopic (exact) mass is 395 g/mol. The summed E-state index contributed by atoms with van der Waals surface area (Å²) < 4.78 is 16.0. The minimum Gasteiger partial charge on any atom is -0.493 e. The number of aromatic nitrogens is 1. The minimum absolute atomic E-state index is 0.0723. The maximum absolute atomic E-state index is 12.7. The Kier molecular flexibility index (Phi) is 5.33. The fourth-order valence-electron chi connectivity index (χ4n) is 3.30. The van der Waals surface area contributed by atoms with E-state index in [2.05, 4.69) is 4.98 Å². The highest BCUT2D eigenvalue weighted by Crippen LogP contribution is 2.25. The van der Waals surface area contributed by atoms with Crippen LogP contribution in [0.5, 0.6) is 11.5 Å². The summed E-state index contributed by atoms with van der Waals surface area (Å²) >= 11 is 0. The molecule has 1 aliphatic heterocycles. The van der Waals surface area contributed by atoms with Crippen LogP contribution in [-0.4, -0.2) is 66.5 Å². The summed E-state index contributed by atoms with van der Waals surface area (Å²) in [7, 11) is 1.56. The van der Waals surface area contributed by atoms with Crippen molar-refractivity contribution in [1.82, 2.24) is 14.8 Å². The number of rotatable bonds is 5. The number of benzene rings is 2. The van der Waals surface area contributed by atoms with Gasteiger partial charge in [0, 0.05) is 31.7 Å². The number of carbonyl (C=O) groups is 2. The molecular formula is C21H21N3O5. The molecule has 2 aromatic carbocycles. The number of ether oxygens (including phenoxy) is 2. The van der Waals surface area contributed by atoms with Crippen LogP contribution in [0.3, 0.4) is 0 Å². The van der Waals surface area contributed by atoms with Gasteiger partial charge < -0.3 is 23.7 Å². The maximum Gasteiger partial charge on any atom is 0.260 e. The van der Waals surface area contributed by atoms with Crippen LogP contribution in [0.1, 0.15) is 10.4 Å². The van der Waals surface area contributed by atoms with Crippen molar-refractivity contribution in [3.8, 4) is 11.5 Å². The molecule has 0 saturated carbocycles. The highest BCUT2D eigenvalue weighted by Gasteiger charge is 2.25. The van der Waals surface area contributed by atoms with Crippen molar-refractivity contribution in [1.29, 1.82) is 0 Å². The second-order valence-corrected chi connectivity index (χ2v) is 6.65. The first-order chi connectivity index (χ1) is 14.2. The number of piperazine rings is 1. The molecule has 1 aliphatic rings. The summed E-state index contributed by atoms with van der Waals surface area (Å²) in [5.74, 6) is 0.916. The number of hydrogen-bond acceptors (Lipinski definition) is 6. The van der Waals surface area contributed by atoms with Gasteiger partial charge >= 0.3 is 0 Å². The molecule has 29 heavy (non-hydrogen) atoms. The fourth-order valence-corrected chi connectivity index (χ4v) is 3.30. The SMILES string of the molecule is COc1ccccc1OCC(=O)N1CCN(C(=O)c2ccc3ocnc3c2)CC1. The lowest BCUT2D eigenvalue weighted by molar-refractivity contribution is -0.134. The van der Waals surface area contributed by atoms with E-state index in [1.54, 1.807) is 47.2 Å². The van der Waals surface area contributed by atoms with Gasteiger partial charge in [-0.05, 0) is 30.3 Å². The number of fused-ring (bicyclic) bond motifs is 1. The molecule has 0 unspecified atom stereocenters. The van der Waals surface area contributed by atoms with Gasteiger partial charge in [-0.3, -0.25) is 9.59 Å². The molecule has 0 N–H and O–H groups in total. The number of hydrogen-bond donors (Lipinski definition) is 0. The predicted octanol–water partition coefficient (Wildman–Crippen LogP) is 2.20. The molecule has 1 fully saturated rings. The van der Waals surface area contributed by atoms with Crippen LogP contribution in [0.25, 0.3) is 11.1 Å². The minimum atomic E-state index is -0.118. The van der Waals surface area contributed by atoms with Gasteiger partial charge in [-0.2, -0.15) is 0 Å². The second-order valence-electron chi connectivity index (χ2n) is 6.65. The molecule has 8 heteroatoms. The van der Waals surface area contributed by atoms with E-state index in [-0.39, 0.29) is 18.4 Å². The van der Waals surface area contributed by atoms with Gasteiger partial charge in [-0.25, -0.2) is 4.98 Å². The summed E-state index contributed by atoms with van der Waals surface area (Å²) in [4.78, 5) is 32.8. The van der Waals surface area contributed by atoms with Crippen LogP contribution in [-0.2, 0) is 4.79 Å². The van der Waals surface area contributed by atoms with E-state index in [1.807, 2.05) is 12.1 Å². The van der Waals surface area contributed by atoms with Crippen molar-refractivity contribution in [2.45, 2.75) is 0 Å². The summed E-state index contributed by atoms with van der Waals surface area (Å²) in [6.45, 7) is 1.79. The third-order valence-corrected chi connectivity index (χ3v) is 4.92. The number of methoxy groups -OCH3 is 1. The van der Waals surface area contributed by atoms with E-state index in [1.165, 1.54) is 6.39 Å². The van der Waals surface area contributed by atoms with E-state index in [0.29, 0.717) is 54.3 Å². The van der Waals surface area contributed by atoms with Gasteiger partial charge in [0.2, 0.25) is 0 Å². The Balaban J connectivity index is 1.31. The Bertz CT molecular complexity index is 1020. The van der Waals surface area contributed by atoms with Gasteiger partial charge in [0.25, 0.3) is 11.8 Å². The Labute approximate surface area is 167 Å². The Morgan fingerprint density at radius 3 is 2.52 bits per heavy atom. The average Bonchev–Trinajstić information content (AvgIpc) is 3.25. The zero-order chi connectivity index (χ0) is 20.2. The molecule has 2 amide bonds. The molecule has 150 valence electrons. The van der Waals surface area contributed by atoms with Crippen LogP contribution in [0, 0.1) is 0 Å². The average molecular weight is 395 g/mol. The van der Waals surface area contributed by atoms with Crippen LogP contribution in [0.15, 0.2) is 53.3 Å². The summed E-state index contributed by atoms with van der Waals surface area (Å²) in [6.07, 6.45) is 1.36. The smallest absolute Gasteiger partial charge is 0.260 e. The van der Waals surface area contributed by atoms with Crippen molar-refractivity contribution >= 4 is 22.9 Å². The lowest BCUT2D eigenvalue weighted by Crippen LogP contribution is -2.51. The normalized spacial score (nSPS) is 14.1. The predicted molar refractivity (Wildman–Crippen MR) is 105 cm³/mol. The molecule has 0 aliphatic carbocycles. The highest BCUT2D eigenvalue weighted by atomic mass is 16.5. The molecule has 2 heterocycles. The molecule has 1 aromatic heterocycles. The number of amides is 2. The van der Waals surface area contributed by atoms with Crippen LogP contribution in [0.2, 0.25) is 0 Å². The molecule has 3 aromatic rings. The third-order valence-electron chi connectivity index (χ3n) is 4.92. The van der Waals surface area contributed by atoms with Crippen molar-refractivity contribution in [3.05, 3.63) is 54.4 Å². The molecule has 0 bridgehead atoms. The van der Waals surface area contributed by atoms with Gasteiger partial charge in [-0.15, -0.1) is 0 Å². The summed E-state index contributed by atoms with van der Waals surface area (Å²) in [5, 5.41) is 0. The molecule has 0 atom stereocenters. The quantitative estimate of drug-likeness (QED) is 0.658. The summed E-state index contributed by atoms with van der Waals surface area (Å²) in [6, 6.07) is 12.4. The fraction of sp³-hybridized carbons (Fsp3) is 0.286. The molecule has 0 radical (unpaired) electrons. The topological polar surface area (TPSA) is 85.1 Å². The van der Waals surface area contributed by atoms with E-state index >= 15 is 0 Å². The summed E-state index contributed by atoms with van der Waals surface area (Å²) in [5.41, 5.74) is 1.86. The van der Waals surface area contributed by atoms with Gasteiger partial charge in [-0.1, -0.05) is 12.1 Å². The Morgan fingerprint density at radius 2 is 1.76 bits per heavy atom. The molecule has 0 spiro atoms. The highest BCUT2D eigenvalue weighted by molar-refractivity contribution is 5.97. The van der Waals surface area contributed by atoms with E-state index < -0.39 is 0 Å². The second kappa shape index (κ2) is 8.22. The zero-order valence-corrected chi connectivity index (χ0v) is 16.0. The van der Waals surface area contributed by atoms with Crippen molar-refractivity contribution in [2.24, 2.45) is 0 Å². The van der Waals surface area contributed by atoms with E-state index in [0.717, 1.165) is 0 Å². The van der Waals surface area contributed by atoms with Gasteiger partial charge in [0.15, 0.2) is 30.1 Å². The first-order valence-electron chi connectivity index (χ1n) is 9.32. The first-order valence-corrected chi connectivity index (χ1v) is 9.32. The van der Waals surface area contributed by atoms with Crippen molar-refractivity contribution in [2.75, 3.05) is 39.9 Å². The molecule has 4 rings (SSSR count). The standard InChI is InChI=1S/C21H21N3O5/c1-27-18-4-2-3-5-19(18)28-13-20(25)23-8-10-24(11-9-23)21(26)15-6-7-17-16(12-15)22-14-29-17/h2-7,12,14H,8-11,13H2,1H3. The lowest BCUT2D eigenvalue weighted by atomic mass is 10.1. The van der Waals surface area contributed by atoms with Gasteiger partial charge in [0.1, 0.15) is 5.52 Å². The zero-order valence-electron chi connectivity index (χ0n) is 16.0. The van der Waals surface area contributed by atoms with Crippen molar-refractivity contribution < 1.29 is 23.5 Å². The van der Waals surface area contributed by atoms with Crippen LogP contribution in [0.4, 0.5) is 0 Å². The third kappa shape index (κ3) is 4.01. The van der Waals surface area contributed by atoms with Crippen LogP contribution >= 0.6 is 0 Å². The Hall–Kier alpha value is -3.55. The lowest BCUT2D eigenvalue weighted by Gasteiger charge is -2.34.